The molecule has 0 unspecified atom stereocenters. The molecule has 0 saturated heterocycles. The summed E-state index contributed by atoms with van der Waals surface area (Å²) in [5.74, 6) is 0. The second-order valence-electron chi connectivity index (χ2n) is 4.06. The van der Waals surface area contributed by atoms with E-state index in [0.29, 0.717) is 0 Å². The average Bonchev–Trinajstić information content (AvgIpc) is 2.85. The molecule has 4 rings (SSSR count). The normalized spacial score (nSPS) is 11.9. The SMILES string of the molecule is Clc1cc(Br)c2sc3nc4ccccc4n3c2c1. The summed E-state index contributed by atoms with van der Waals surface area (Å²) >= 11 is 11.4. The van der Waals surface area contributed by atoms with Crippen LogP contribution >= 0.6 is 38.9 Å². The van der Waals surface area contributed by atoms with Crippen LogP contribution in [0.1, 0.15) is 0 Å². The quantitative estimate of drug-likeness (QED) is 0.435. The summed E-state index contributed by atoms with van der Waals surface area (Å²) in [6.07, 6.45) is 0. The number of hydrogen-bond donors (Lipinski definition) is 0. The second kappa shape index (κ2) is 3.70. The van der Waals surface area contributed by atoms with E-state index in [1.54, 1.807) is 11.3 Å². The average molecular weight is 338 g/mol. The van der Waals surface area contributed by atoms with Crippen LogP contribution in [0.4, 0.5) is 0 Å². The largest absolute Gasteiger partial charge is 0.283 e. The lowest BCUT2D eigenvalue weighted by Gasteiger charge is -1.97. The minimum absolute atomic E-state index is 0.729. The molecule has 0 amide bonds. The van der Waals surface area contributed by atoms with Crippen LogP contribution in [0.25, 0.3) is 26.2 Å². The van der Waals surface area contributed by atoms with Gasteiger partial charge in [-0.3, -0.25) is 4.40 Å². The van der Waals surface area contributed by atoms with Gasteiger partial charge >= 0.3 is 0 Å². The zero-order chi connectivity index (χ0) is 12.3. The number of rotatable bonds is 0. The zero-order valence-corrected chi connectivity index (χ0v) is 12.2. The number of imidazole rings is 1. The van der Waals surface area contributed by atoms with E-state index < -0.39 is 0 Å². The highest BCUT2D eigenvalue weighted by atomic mass is 79.9. The summed E-state index contributed by atoms with van der Waals surface area (Å²) < 4.78 is 4.35. The molecule has 0 atom stereocenters. The third-order valence-electron chi connectivity index (χ3n) is 2.95. The first-order chi connectivity index (χ1) is 8.74. The lowest BCUT2D eigenvalue weighted by atomic mass is 10.3. The fourth-order valence-corrected chi connectivity index (χ4v) is 4.27. The molecule has 2 nitrogen and oxygen atoms in total. The number of nitrogens with zero attached hydrogens (tertiary/aromatic N) is 2. The molecule has 2 aromatic carbocycles. The summed E-state index contributed by atoms with van der Waals surface area (Å²) in [5.41, 5.74) is 3.23. The van der Waals surface area contributed by atoms with E-state index in [1.807, 2.05) is 30.3 Å². The lowest BCUT2D eigenvalue weighted by molar-refractivity contribution is 1.34. The fraction of sp³-hybridized carbons (Fsp3) is 0. The van der Waals surface area contributed by atoms with Gasteiger partial charge in [-0.05, 0) is 40.2 Å². The molecular formula is C13H6BrClN2S. The van der Waals surface area contributed by atoms with Crippen molar-refractivity contribution in [1.82, 2.24) is 9.38 Å². The Morgan fingerprint density at radius 1 is 1.17 bits per heavy atom. The predicted molar refractivity (Wildman–Crippen MR) is 80.8 cm³/mol. The fourth-order valence-electron chi connectivity index (χ4n) is 2.21. The first-order valence-electron chi connectivity index (χ1n) is 5.39. The topological polar surface area (TPSA) is 17.3 Å². The summed E-state index contributed by atoms with van der Waals surface area (Å²) in [4.78, 5) is 5.64. The van der Waals surface area contributed by atoms with Gasteiger partial charge in [0.05, 0.1) is 21.3 Å². The molecule has 0 aliphatic carbocycles. The maximum atomic E-state index is 6.14. The van der Waals surface area contributed by atoms with Crippen LogP contribution in [-0.4, -0.2) is 9.38 Å². The molecule has 0 radical (unpaired) electrons. The van der Waals surface area contributed by atoms with Gasteiger partial charge in [0.15, 0.2) is 4.96 Å². The highest BCUT2D eigenvalue weighted by molar-refractivity contribution is 9.10. The summed E-state index contributed by atoms with van der Waals surface area (Å²) in [6.45, 7) is 0. The standard InChI is InChI=1S/C13H6BrClN2S/c14-8-5-7(15)6-11-12(8)18-13-16-9-3-1-2-4-10(9)17(11)13/h1-6H. The highest BCUT2D eigenvalue weighted by Crippen LogP contribution is 2.36. The molecule has 4 aromatic rings. The van der Waals surface area contributed by atoms with E-state index >= 15 is 0 Å². The molecule has 0 aliphatic heterocycles. The number of thiazole rings is 1. The van der Waals surface area contributed by atoms with Crippen LogP contribution in [0.5, 0.6) is 0 Å². The maximum Gasteiger partial charge on any atom is 0.195 e. The van der Waals surface area contributed by atoms with Gasteiger partial charge in [-0.15, -0.1) is 0 Å². The van der Waals surface area contributed by atoms with Crippen LogP contribution in [-0.2, 0) is 0 Å². The van der Waals surface area contributed by atoms with Crippen molar-refractivity contribution in [2.45, 2.75) is 0 Å². The predicted octanol–water partition coefficient (Wildman–Crippen LogP) is 5.12. The molecule has 2 heterocycles. The number of hydrogen-bond acceptors (Lipinski definition) is 2. The van der Waals surface area contributed by atoms with Gasteiger partial charge in [0.1, 0.15) is 0 Å². The van der Waals surface area contributed by atoms with E-state index in [9.17, 15) is 0 Å². The van der Waals surface area contributed by atoms with Crippen molar-refractivity contribution in [3.8, 4) is 0 Å². The third-order valence-corrected chi connectivity index (χ3v) is 5.15. The van der Waals surface area contributed by atoms with Crippen molar-refractivity contribution in [1.29, 1.82) is 0 Å². The van der Waals surface area contributed by atoms with Crippen LogP contribution in [0.2, 0.25) is 5.02 Å². The zero-order valence-electron chi connectivity index (χ0n) is 9.02. The van der Waals surface area contributed by atoms with Crippen molar-refractivity contribution in [2.75, 3.05) is 0 Å². The molecule has 0 saturated carbocycles. The first-order valence-corrected chi connectivity index (χ1v) is 7.37. The smallest absolute Gasteiger partial charge is 0.195 e. The Morgan fingerprint density at radius 2 is 2.00 bits per heavy atom. The van der Waals surface area contributed by atoms with Gasteiger partial charge in [0.2, 0.25) is 0 Å². The Balaban J connectivity index is 2.33. The van der Waals surface area contributed by atoms with Crippen LogP contribution in [0.15, 0.2) is 40.9 Å². The number of aromatic nitrogens is 2. The molecule has 5 heteroatoms. The molecule has 0 spiro atoms. The van der Waals surface area contributed by atoms with E-state index in [2.05, 4.69) is 31.4 Å². The Labute approximate surface area is 120 Å². The number of halogens is 2. The molecular weight excluding hydrogens is 332 g/mol. The minimum Gasteiger partial charge on any atom is -0.283 e. The summed E-state index contributed by atoms with van der Waals surface area (Å²) in [7, 11) is 0. The number of fused-ring (bicyclic) bond motifs is 5. The van der Waals surface area contributed by atoms with E-state index in [-0.39, 0.29) is 0 Å². The van der Waals surface area contributed by atoms with Crippen molar-refractivity contribution >= 4 is 65.1 Å². The molecule has 0 aliphatic rings. The van der Waals surface area contributed by atoms with Gasteiger partial charge in [-0.2, -0.15) is 0 Å². The third kappa shape index (κ3) is 1.37. The Morgan fingerprint density at radius 3 is 2.89 bits per heavy atom. The molecule has 0 bridgehead atoms. The van der Waals surface area contributed by atoms with Crippen molar-refractivity contribution < 1.29 is 0 Å². The second-order valence-corrected chi connectivity index (χ2v) is 6.32. The van der Waals surface area contributed by atoms with Crippen molar-refractivity contribution in [3.05, 3.63) is 45.9 Å². The Bertz CT molecular complexity index is 909. The summed E-state index contributed by atoms with van der Waals surface area (Å²) in [6, 6.07) is 12.0. The van der Waals surface area contributed by atoms with Crippen molar-refractivity contribution in [3.63, 3.8) is 0 Å². The molecule has 18 heavy (non-hydrogen) atoms. The van der Waals surface area contributed by atoms with Gasteiger partial charge in [-0.25, -0.2) is 4.98 Å². The lowest BCUT2D eigenvalue weighted by Crippen LogP contribution is -1.80. The maximum absolute atomic E-state index is 6.14. The Hall–Kier alpha value is -1.10. The highest BCUT2D eigenvalue weighted by Gasteiger charge is 2.13. The van der Waals surface area contributed by atoms with Gasteiger partial charge in [-0.1, -0.05) is 35.1 Å². The molecule has 88 valence electrons. The van der Waals surface area contributed by atoms with Crippen LogP contribution in [0.3, 0.4) is 0 Å². The van der Waals surface area contributed by atoms with E-state index in [4.69, 9.17) is 11.6 Å². The first kappa shape index (κ1) is 10.8. The number of para-hydroxylation sites is 2. The van der Waals surface area contributed by atoms with E-state index in [1.165, 1.54) is 4.70 Å². The van der Waals surface area contributed by atoms with Crippen LogP contribution < -0.4 is 0 Å². The van der Waals surface area contributed by atoms with Gasteiger partial charge in [0, 0.05) is 9.50 Å². The monoisotopic (exact) mass is 336 g/mol. The minimum atomic E-state index is 0.729. The molecule has 0 N–H and O–H groups in total. The van der Waals surface area contributed by atoms with Gasteiger partial charge in [0.25, 0.3) is 0 Å². The van der Waals surface area contributed by atoms with Crippen molar-refractivity contribution in [2.24, 2.45) is 0 Å². The molecule has 2 aromatic heterocycles. The Kier molecular flexibility index (Phi) is 2.22. The number of benzene rings is 2. The summed E-state index contributed by atoms with van der Waals surface area (Å²) in [5, 5.41) is 0.729. The van der Waals surface area contributed by atoms with Gasteiger partial charge < -0.3 is 0 Å². The van der Waals surface area contributed by atoms with Crippen LogP contribution in [0, 0.1) is 0 Å². The van der Waals surface area contributed by atoms with E-state index in [0.717, 1.165) is 31.0 Å². The molecule has 0 fully saturated rings.